The molecule has 1 rings (SSSR count). The van der Waals surface area contributed by atoms with Gasteiger partial charge in [0.2, 0.25) is 0 Å². The fourth-order valence-corrected chi connectivity index (χ4v) is 2.19. The van der Waals surface area contributed by atoms with Crippen LogP contribution in [0.5, 0.6) is 0 Å². The number of benzene rings is 1. The maximum absolute atomic E-state index is 3.24. The Hall–Kier alpha value is -0.285. The van der Waals surface area contributed by atoms with Gasteiger partial charge in [-0.15, -0.1) is 0 Å². The number of rotatable bonds is 0. The fourth-order valence-electron chi connectivity index (χ4n) is 0.712. The summed E-state index contributed by atoms with van der Waals surface area (Å²) in [7, 11) is 0. The zero-order chi connectivity index (χ0) is 7.23. The van der Waals surface area contributed by atoms with Gasteiger partial charge in [-0.05, 0) is 0 Å². The zero-order valence-corrected chi connectivity index (χ0v) is 11.6. The van der Waals surface area contributed by atoms with Crippen LogP contribution >= 0.6 is 0 Å². The Morgan fingerprint density at radius 1 is 1.20 bits per heavy atom. The summed E-state index contributed by atoms with van der Waals surface area (Å²) in [5.41, 5.74) is 1.16. The van der Waals surface area contributed by atoms with E-state index in [-0.39, 0.29) is 0 Å². The third kappa shape index (κ3) is 2.53. The Labute approximate surface area is 74.1 Å². The molecule has 0 N–H and O–H groups in total. The molecule has 0 nitrogen and oxygen atoms in total. The Balaban J connectivity index is 2.76. The van der Waals surface area contributed by atoms with Crippen LogP contribution in [0.15, 0.2) is 30.3 Å². The molecule has 0 aromatic heterocycles. The van der Waals surface area contributed by atoms with Crippen LogP contribution in [0.2, 0.25) is 4.43 Å². The third-order valence-electron chi connectivity index (χ3n) is 1.18. The predicted octanol–water partition coefficient (Wildman–Crippen LogP) is 2.13. The van der Waals surface area contributed by atoms with Crippen molar-refractivity contribution < 1.29 is 24.6 Å². The van der Waals surface area contributed by atoms with Gasteiger partial charge in [0.25, 0.3) is 0 Å². The second kappa shape index (κ2) is 4.52. The van der Waals surface area contributed by atoms with Gasteiger partial charge in [0, 0.05) is 0 Å². The van der Waals surface area contributed by atoms with Gasteiger partial charge in [-0.2, -0.15) is 0 Å². The molecule has 0 aliphatic rings. The molecular weight excluding hydrogens is 309 g/mol. The average molecular weight is 317 g/mol. The quantitative estimate of drug-likeness (QED) is 0.508. The molecule has 0 fully saturated rings. The van der Waals surface area contributed by atoms with Crippen LogP contribution in [0, 0.1) is 9.35 Å². The van der Waals surface area contributed by atoms with Gasteiger partial charge < -0.3 is 0 Å². The molecule has 1 heteroatoms. The summed E-state index contributed by atoms with van der Waals surface area (Å²) in [5, 5.41) is 0. The Morgan fingerprint density at radius 3 is 2.50 bits per heavy atom. The molecule has 0 atom stereocenters. The molecule has 0 saturated carbocycles. The molecule has 0 unspecified atom stereocenters. The monoisotopic (exact) mass is 318 g/mol. The van der Waals surface area contributed by atoms with Crippen molar-refractivity contribution in [3.63, 3.8) is 0 Å². The van der Waals surface area contributed by atoms with E-state index in [2.05, 4.69) is 25.9 Å². The Kier molecular flexibility index (Phi) is 3.53. The van der Waals surface area contributed by atoms with Gasteiger partial charge in [-0.25, -0.2) is 0 Å². The van der Waals surface area contributed by atoms with E-state index in [1.54, 1.807) is 0 Å². The molecule has 0 amide bonds. The molecule has 0 spiro atoms. The van der Waals surface area contributed by atoms with E-state index in [9.17, 15) is 0 Å². The minimum atomic E-state index is -0.701. The summed E-state index contributed by atoms with van der Waals surface area (Å²) < 4.78 is 5.51. The van der Waals surface area contributed by atoms with E-state index in [1.807, 2.05) is 18.2 Å². The minimum absolute atomic E-state index is 0.701. The molecule has 0 radical (unpaired) electrons. The second-order valence-electron chi connectivity index (χ2n) is 2.02. The number of hydrogen-bond acceptors (Lipinski definition) is 0. The zero-order valence-electron chi connectivity index (χ0n) is 6.09. The molecule has 0 heterocycles. The SMILES string of the molecule is [CH3][Hg][C]#Cc1ccccc1. The van der Waals surface area contributed by atoms with Crippen molar-refractivity contribution >= 4 is 0 Å². The van der Waals surface area contributed by atoms with Gasteiger partial charge in [0.1, 0.15) is 0 Å². The van der Waals surface area contributed by atoms with E-state index < -0.39 is 24.6 Å². The molecule has 10 heavy (non-hydrogen) atoms. The molecule has 0 bridgehead atoms. The summed E-state index contributed by atoms with van der Waals surface area (Å²) >= 11 is -0.701. The van der Waals surface area contributed by atoms with Crippen LogP contribution < -0.4 is 0 Å². The van der Waals surface area contributed by atoms with Gasteiger partial charge in [-0.3, -0.25) is 0 Å². The fraction of sp³-hybridized carbons (Fsp3) is 0.111. The maximum atomic E-state index is 3.24. The third-order valence-corrected chi connectivity index (χ3v) is 3.24. The van der Waals surface area contributed by atoms with Gasteiger partial charge in [0.05, 0.1) is 0 Å². The first-order valence-corrected chi connectivity index (χ1v) is 11.7. The van der Waals surface area contributed by atoms with Crippen molar-refractivity contribution in [1.82, 2.24) is 0 Å². The standard InChI is InChI=1S/C8H5.CH3.Hg/c1-2-8-6-4-3-5-7-8;;/h3-7H;1H3;. The Morgan fingerprint density at radius 2 is 1.90 bits per heavy atom. The topological polar surface area (TPSA) is 0 Å². The van der Waals surface area contributed by atoms with Crippen molar-refractivity contribution in [2.45, 2.75) is 4.43 Å². The summed E-state index contributed by atoms with van der Waals surface area (Å²) in [6, 6.07) is 10.2. The molecule has 0 aliphatic heterocycles. The van der Waals surface area contributed by atoms with Crippen molar-refractivity contribution in [2.75, 3.05) is 0 Å². The van der Waals surface area contributed by atoms with Gasteiger partial charge in [-0.1, -0.05) is 0 Å². The number of hydrogen-bond donors (Lipinski definition) is 0. The van der Waals surface area contributed by atoms with Crippen LogP contribution in [-0.4, -0.2) is 0 Å². The van der Waals surface area contributed by atoms with Gasteiger partial charge >= 0.3 is 74.3 Å². The van der Waals surface area contributed by atoms with Crippen molar-refractivity contribution in [3.05, 3.63) is 35.9 Å². The van der Waals surface area contributed by atoms with E-state index in [0.717, 1.165) is 5.56 Å². The normalized spacial score (nSPS) is 7.30. The molecule has 1 aromatic rings. The molecule has 1 aromatic carbocycles. The second-order valence-corrected chi connectivity index (χ2v) is 6.14. The Bertz CT molecular complexity index is 240. The summed E-state index contributed by atoms with van der Waals surface area (Å²) in [5.74, 6) is 3.14. The first kappa shape index (κ1) is 7.82. The summed E-state index contributed by atoms with van der Waals surface area (Å²) in [6.07, 6.45) is 0. The van der Waals surface area contributed by atoms with Crippen LogP contribution in [0.25, 0.3) is 0 Å². The van der Waals surface area contributed by atoms with E-state index in [4.69, 9.17) is 0 Å². The first-order valence-electron chi connectivity index (χ1n) is 3.47. The van der Waals surface area contributed by atoms with Crippen LogP contribution in [0.1, 0.15) is 5.56 Å². The predicted molar refractivity (Wildman–Crippen MR) is 39.2 cm³/mol. The van der Waals surface area contributed by atoms with E-state index >= 15 is 0 Å². The molecule has 0 aliphatic carbocycles. The van der Waals surface area contributed by atoms with Crippen molar-refractivity contribution in [2.24, 2.45) is 0 Å². The molecular formula is C9H8Hg. The summed E-state index contributed by atoms with van der Waals surface area (Å²) in [6.45, 7) is 0. The molecule has 46 valence electrons. The van der Waals surface area contributed by atoms with Crippen LogP contribution in [-0.2, 0) is 24.6 Å². The van der Waals surface area contributed by atoms with Crippen LogP contribution in [0.3, 0.4) is 0 Å². The van der Waals surface area contributed by atoms with Crippen LogP contribution in [0.4, 0.5) is 0 Å². The molecule has 0 saturated heterocycles. The van der Waals surface area contributed by atoms with E-state index in [0.29, 0.717) is 0 Å². The van der Waals surface area contributed by atoms with Crippen molar-refractivity contribution in [3.8, 4) is 9.35 Å². The summed E-state index contributed by atoms with van der Waals surface area (Å²) in [4.78, 5) is 0. The van der Waals surface area contributed by atoms with E-state index in [1.165, 1.54) is 0 Å². The van der Waals surface area contributed by atoms with Crippen molar-refractivity contribution in [1.29, 1.82) is 0 Å². The first-order chi connectivity index (χ1) is 4.93. The average Bonchev–Trinajstić information content (AvgIpc) is 2.03. The van der Waals surface area contributed by atoms with Gasteiger partial charge in [0.15, 0.2) is 0 Å².